The van der Waals surface area contributed by atoms with Crippen molar-refractivity contribution in [3.05, 3.63) is 0 Å². The molecular weight excluding hydrogens is 168 g/mol. The predicted molar refractivity (Wildman–Crippen MR) is 64.4 cm³/mol. The predicted octanol–water partition coefficient (Wildman–Crippen LogP) is 4.89. The van der Waals surface area contributed by atoms with E-state index in [9.17, 15) is 0 Å². The third-order valence-corrected chi connectivity index (χ3v) is 4.76. The van der Waals surface area contributed by atoms with Crippen LogP contribution in [-0.2, 0) is 0 Å². The summed E-state index contributed by atoms with van der Waals surface area (Å²) in [6.45, 7) is 12.0. The summed E-state index contributed by atoms with van der Waals surface area (Å²) in [5.41, 5.74) is 0.726. The Labute approximate surface area is 90.5 Å². The van der Waals surface area contributed by atoms with E-state index in [4.69, 9.17) is 0 Å². The van der Waals surface area contributed by atoms with Gasteiger partial charge in [-0.1, -0.05) is 60.3 Å². The average molecular weight is 196 g/mol. The molecular formula is C14H28. The number of rotatable bonds is 6. The van der Waals surface area contributed by atoms with Gasteiger partial charge in [-0.3, -0.25) is 0 Å². The van der Waals surface area contributed by atoms with Gasteiger partial charge in [0.1, 0.15) is 0 Å². The molecule has 1 aliphatic rings. The first-order valence-corrected chi connectivity index (χ1v) is 6.61. The molecule has 0 aromatic rings. The van der Waals surface area contributed by atoms with Crippen molar-refractivity contribution in [3.8, 4) is 0 Å². The van der Waals surface area contributed by atoms with Gasteiger partial charge in [0.15, 0.2) is 0 Å². The second-order valence-electron chi connectivity index (χ2n) is 5.53. The highest BCUT2D eigenvalue weighted by molar-refractivity contribution is 5.08. The zero-order valence-electron chi connectivity index (χ0n) is 10.8. The third kappa shape index (κ3) is 1.85. The molecule has 14 heavy (non-hydrogen) atoms. The van der Waals surface area contributed by atoms with Gasteiger partial charge < -0.3 is 0 Å². The lowest BCUT2D eigenvalue weighted by atomic mass is 9.83. The number of hydrogen-bond acceptors (Lipinski definition) is 0. The van der Waals surface area contributed by atoms with Crippen LogP contribution in [0.2, 0.25) is 0 Å². The molecule has 1 saturated carbocycles. The van der Waals surface area contributed by atoms with Crippen molar-refractivity contribution >= 4 is 0 Å². The van der Waals surface area contributed by atoms with Gasteiger partial charge in [-0.2, -0.15) is 0 Å². The SMILES string of the molecule is CCCCCC1(C(C)C)C(C)C1CC. The Balaban J connectivity index is 2.49. The first-order chi connectivity index (χ1) is 6.61. The van der Waals surface area contributed by atoms with Crippen LogP contribution in [0.1, 0.15) is 66.7 Å². The summed E-state index contributed by atoms with van der Waals surface area (Å²) >= 11 is 0. The molecule has 0 nitrogen and oxygen atoms in total. The van der Waals surface area contributed by atoms with E-state index in [-0.39, 0.29) is 0 Å². The van der Waals surface area contributed by atoms with E-state index in [0.717, 1.165) is 23.2 Å². The largest absolute Gasteiger partial charge is 0.0654 e. The fraction of sp³-hybridized carbons (Fsp3) is 1.00. The van der Waals surface area contributed by atoms with Gasteiger partial charge in [-0.15, -0.1) is 0 Å². The van der Waals surface area contributed by atoms with Gasteiger partial charge >= 0.3 is 0 Å². The number of hydrogen-bond donors (Lipinski definition) is 0. The summed E-state index contributed by atoms with van der Waals surface area (Å²) in [6, 6.07) is 0. The van der Waals surface area contributed by atoms with E-state index in [1.54, 1.807) is 0 Å². The average Bonchev–Trinajstić information content (AvgIpc) is 2.72. The molecule has 0 N–H and O–H groups in total. The molecule has 1 fully saturated rings. The van der Waals surface area contributed by atoms with Crippen LogP contribution in [0.5, 0.6) is 0 Å². The van der Waals surface area contributed by atoms with Crippen molar-refractivity contribution in [1.29, 1.82) is 0 Å². The van der Waals surface area contributed by atoms with Crippen LogP contribution >= 0.6 is 0 Å². The molecule has 3 unspecified atom stereocenters. The highest BCUT2D eigenvalue weighted by Gasteiger charge is 2.60. The lowest BCUT2D eigenvalue weighted by Crippen LogP contribution is -2.14. The highest BCUT2D eigenvalue weighted by atomic mass is 14.6. The van der Waals surface area contributed by atoms with E-state index >= 15 is 0 Å². The second-order valence-corrected chi connectivity index (χ2v) is 5.53. The van der Waals surface area contributed by atoms with Crippen LogP contribution in [0.3, 0.4) is 0 Å². The highest BCUT2D eigenvalue weighted by Crippen LogP contribution is 2.67. The van der Waals surface area contributed by atoms with Gasteiger partial charge in [0.2, 0.25) is 0 Å². The van der Waals surface area contributed by atoms with Crippen LogP contribution in [-0.4, -0.2) is 0 Å². The van der Waals surface area contributed by atoms with Crippen molar-refractivity contribution in [2.24, 2.45) is 23.2 Å². The third-order valence-electron chi connectivity index (χ3n) is 4.76. The van der Waals surface area contributed by atoms with Gasteiger partial charge in [0.25, 0.3) is 0 Å². The standard InChI is InChI=1S/C14H28/c1-6-8-9-10-14(11(3)4)12(5)13(14)7-2/h11-13H,6-10H2,1-5H3. The normalized spacial score (nSPS) is 36.4. The Bertz CT molecular complexity index is 171. The van der Waals surface area contributed by atoms with E-state index in [2.05, 4.69) is 34.6 Å². The molecule has 3 atom stereocenters. The molecule has 0 heteroatoms. The summed E-state index contributed by atoms with van der Waals surface area (Å²) in [6.07, 6.45) is 7.12. The van der Waals surface area contributed by atoms with Crippen molar-refractivity contribution in [1.82, 2.24) is 0 Å². The maximum Gasteiger partial charge on any atom is -0.0215 e. The summed E-state index contributed by atoms with van der Waals surface area (Å²) in [5, 5.41) is 0. The van der Waals surface area contributed by atoms with Gasteiger partial charge in [-0.25, -0.2) is 0 Å². The lowest BCUT2D eigenvalue weighted by Gasteiger charge is -2.22. The smallest absolute Gasteiger partial charge is 0.0215 e. The minimum absolute atomic E-state index is 0.726. The molecule has 0 bridgehead atoms. The van der Waals surface area contributed by atoms with Crippen molar-refractivity contribution in [2.45, 2.75) is 66.7 Å². The molecule has 0 aromatic carbocycles. The second kappa shape index (κ2) is 4.68. The molecule has 1 aliphatic carbocycles. The van der Waals surface area contributed by atoms with Gasteiger partial charge in [-0.05, 0) is 29.6 Å². The first kappa shape index (κ1) is 12.1. The topological polar surface area (TPSA) is 0 Å². The van der Waals surface area contributed by atoms with Crippen LogP contribution < -0.4 is 0 Å². The maximum atomic E-state index is 2.47. The summed E-state index contributed by atoms with van der Waals surface area (Å²) in [4.78, 5) is 0. The van der Waals surface area contributed by atoms with Crippen LogP contribution in [0.4, 0.5) is 0 Å². The van der Waals surface area contributed by atoms with Crippen molar-refractivity contribution in [2.75, 3.05) is 0 Å². The van der Waals surface area contributed by atoms with Crippen LogP contribution in [0, 0.1) is 23.2 Å². The first-order valence-electron chi connectivity index (χ1n) is 6.61. The van der Waals surface area contributed by atoms with E-state index in [1.807, 2.05) is 0 Å². The Hall–Kier alpha value is 0. The molecule has 0 saturated heterocycles. The summed E-state index contributed by atoms with van der Waals surface area (Å²) < 4.78 is 0. The molecule has 0 amide bonds. The Morgan fingerprint density at radius 1 is 1.14 bits per heavy atom. The van der Waals surface area contributed by atoms with Gasteiger partial charge in [0.05, 0.1) is 0 Å². The molecule has 0 heterocycles. The number of unbranched alkanes of at least 4 members (excludes halogenated alkanes) is 2. The zero-order valence-corrected chi connectivity index (χ0v) is 10.8. The van der Waals surface area contributed by atoms with Crippen molar-refractivity contribution < 1.29 is 0 Å². The summed E-state index contributed by atoms with van der Waals surface area (Å²) in [7, 11) is 0. The molecule has 84 valence electrons. The minimum atomic E-state index is 0.726. The molecule has 0 aliphatic heterocycles. The minimum Gasteiger partial charge on any atom is -0.0654 e. The molecule has 0 aromatic heterocycles. The Morgan fingerprint density at radius 3 is 2.14 bits per heavy atom. The van der Waals surface area contributed by atoms with E-state index in [0.29, 0.717) is 0 Å². The molecule has 1 rings (SSSR count). The zero-order chi connectivity index (χ0) is 10.8. The molecule has 0 radical (unpaired) electrons. The van der Waals surface area contributed by atoms with Crippen LogP contribution in [0.25, 0.3) is 0 Å². The van der Waals surface area contributed by atoms with Crippen LogP contribution in [0.15, 0.2) is 0 Å². The fourth-order valence-electron chi connectivity index (χ4n) is 3.83. The monoisotopic (exact) mass is 196 g/mol. The lowest BCUT2D eigenvalue weighted by molar-refractivity contribution is 0.272. The Kier molecular flexibility index (Phi) is 4.04. The maximum absolute atomic E-state index is 2.47. The Morgan fingerprint density at radius 2 is 1.79 bits per heavy atom. The van der Waals surface area contributed by atoms with E-state index < -0.39 is 0 Å². The molecule has 0 spiro atoms. The van der Waals surface area contributed by atoms with E-state index in [1.165, 1.54) is 32.1 Å². The summed E-state index contributed by atoms with van der Waals surface area (Å²) in [5.74, 6) is 2.91. The van der Waals surface area contributed by atoms with Gasteiger partial charge in [0, 0.05) is 0 Å². The van der Waals surface area contributed by atoms with Crippen molar-refractivity contribution in [3.63, 3.8) is 0 Å². The fourth-order valence-corrected chi connectivity index (χ4v) is 3.83. The quantitative estimate of drug-likeness (QED) is 0.531.